The number of aliphatic imine (C=N–C) groups is 1. The van der Waals surface area contributed by atoms with E-state index in [-0.39, 0.29) is 30.5 Å². The third kappa shape index (κ3) is 7.57. The Labute approximate surface area is 204 Å². The number of benzene rings is 1. The Morgan fingerprint density at radius 3 is 2.61 bits per heavy atom. The predicted molar refractivity (Wildman–Crippen MR) is 137 cm³/mol. The molecule has 1 atom stereocenters. The molecular formula is C22H37IN4O3S. The van der Waals surface area contributed by atoms with Crippen LogP contribution in [0.2, 0.25) is 0 Å². The molecule has 0 aromatic heterocycles. The van der Waals surface area contributed by atoms with Gasteiger partial charge in [0, 0.05) is 45.1 Å². The minimum atomic E-state index is -3.23. The lowest BCUT2D eigenvalue weighted by Crippen LogP contribution is -2.52. The third-order valence-electron chi connectivity index (χ3n) is 6.16. The maximum Gasteiger partial charge on any atom is 0.191 e. The number of rotatable bonds is 7. The number of likely N-dealkylation sites (tertiary alicyclic amines) is 1. The summed E-state index contributed by atoms with van der Waals surface area (Å²) in [5.74, 6) is 0.707. The SMILES string of the molecule is CCNC(=NCC1(S(C)(=O)=O)CCOCC1)NC1CCCN(Cc2ccccc2)C1.I. The number of hydrogen-bond donors (Lipinski definition) is 2. The predicted octanol–water partition coefficient (Wildman–Crippen LogP) is 2.42. The fourth-order valence-corrected chi connectivity index (χ4v) is 5.49. The van der Waals surface area contributed by atoms with Crippen LogP contribution >= 0.6 is 24.0 Å². The standard InChI is InChI=1S/C22H36N4O3S.HI/c1-3-23-21(24-18-22(30(2,27)28)11-14-29-15-12-22)25-20-10-7-13-26(17-20)16-19-8-5-4-6-9-19;/h4-6,8-9,20H,3,7,10-18H2,1-2H3,(H2,23,24,25);1H. The topological polar surface area (TPSA) is 83.0 Å². The number of halogens is 1. The number of ether oxygens (including phenoxy) is 1. The van der Waals surface area contributed by atoms with Crippen LogP contribution in [0.5, 0.6) is 0 Å². The van der Waals surface area contributed by atoms with Crippen molar-refractivity contribution >= 4 is 39.8 Å². The Kier molecular flexibility index (Phi) is 10.5. The molecule has 7 nitrogen and oxygen atoms in total. The van der Waals surface area contributed by atoms with Gasteiger partial charge in [0.15, 0.2) is 15.8 Å². The van der Waals surface area contributed by atoms with Gasteiger partial charge >= 0.3 is 0 Å². The molecule has 176 valence electrons. The van der Waals surface area contributed by atoms with Crippen molar-refractivity contribution in [2.45, 2.75) is 49.9 Å². The summed E-state index contributed by atoms with van der Waals surface area (Å²) in [6, 6.07) is 10.8. The molecule has 1 aromatic carbocycles. The second kappa shape index (κ2) is 12.4. The van der Waals surface area contributed by atoms with Crippen molar-refractivity contribution in [3.8, 4) is 0 Å². The lowest BCUT2D eigenvalue weighted by atomic mass is 9.99. The first-order valence-electron chi connectivity index (χ1n) is 11.0. The van der Waals surface area contributed by atoms with Gasteiger partial charge in [-0.15, -0.1) is 24.0 Å². The van der Waals surface area contributed by atoms with E-state index in [1.54, 1.807) is 0 Å². The third-order valence-corrected chi connectivity index (χ3v) is 8.27. The summed E-state index contributed by atoms with van der Waals surface area (Å²) in [6.07, 6.45) is 4.55. The van der Waals surface area contributed by atoms with E-state index in [9.17, 15) is 8.42 Å². The van der Waals surface area contributed by atoms with Crippen LogP contribution in [0.25, 0.3) is 0 Å². The summed E-state index contributed by atoms with van der Waals surface area (Å²) >= 11 is 0. The second-order valence-corrected chi connectivity index (χ2v) is 10.9. The fraction of sp³-hybridized carbons (Fsp3) is 0.682. The summed E-state index contributed by atoms with van der Waals surface area (Å²) in [6.45, 7) is 6.98. The van der Waals surface area contributed by atoms with Crippen LogP contribution in [0.4, 0.5) is 0 Å². The zero-order chi connectivity index (χ0) is 21.5. The minimum absolute atomic E-state index is 0. The number of nitrogens with one attached hydrogen (secondary N) is 2. The molecule has 1 aromatic rings. The van der Waals surface area contributed by atoms with Crippen molar-refractivity contribution in [3.05, 3.63) is 35.9 Å². The van der Waals surface area contributed by atoms with Gasteiger partial charge in [-0.3, -0.25) is 9.89 Å². The van der Waals surface area contributed by atoms with Gasteiger partial charge < -0.3 is 15.4 Å². The minimum Gasteiger partial charge on any atom is -0.381 e. The van der Waals surface area contributed by atoms with E-state index in [0.717, 1.165) is 39.0 Å². The van der Waals surface area contributed by atoms with E-state index in [2.05, 4.69) is 39.8 Å². The van der Waals surface area contributed by atoms with Crippen molar-refractivity contribution in [3.63, 3.8) is 0 Å². The molecule has 0 amide bonds. The van der Waals surface area contributed by atoms with Crippen molar-refractivity contribution < 1.29 is 13.2 Å². The normalized spacial score (nSPS) is 22.4. The van der Waals surface area contributed by atoms with Gasteiger partial charge in [-0.25, -0.2) is 8.42 Å². The van der Waals surface area contributed by atoms with Gasteiger partial charge in [-0.05, 0) is 44.7 Å². The summed E-state index contributed by atoms with van der Waals surface area (Å²) in [4.78, 5) is 7.19. The monoisotopic (exact) mass is 564 g/mol. The van der Waals surface area contributed by atoms with E-state index >= 15 is 0 Å². The first-order valence-corrected chi connectivity index (χ1v) is 12.9. The molecule has 3 rings (SSSR count). The van der Waals surface area contributed by atoms with Gasteiger partial charge in [-0.1, -0.05) is 30.3 Å². The molecule has 2 saturated heterocycles. The van der Waals surface area contributed by atoms with Crippen molar-refractivity contribution in [1.82, 2.24) is 15.5 Å². The maximum absolute atomic E-state index is 12.5. The number of sulfone groups is 1. The fourth-order valence-electron chi connectivity index (χ4n) is 4.28. The molecule has 2 heterocycles. The van der Waals surface area contributed by atoms with Crippen LogP contribution in [-0.4, -0.2) is 75.7 Å². The van der Waals surface area contributed by atoms with Gasteiger partial charge in [0.25, 0.3) is 0 Å². The molecule has 0 spiro atoms. The van der Waals surface area contributed by atoms with E-state index in [1.807, 2.05) is 13.0 Å². The quantitative estimate of drug-likeness (QED) is 0.301. The molecule has 2 aliphatic heterocycles. The van der Waals surface area contributed by atoms with Gasteiger partial charge in [0.2, 0.25) is 0 Å². The highest BCUT2D eigenvalue weighted by Crippen LogP contribution is 2.29. The zero-order valence-corrected chi connectivity index (χ0v) is 21.8. The second-order valence-electron chi connectivity index (χ2n) is 8.47. The first-order chi connectivity index (χ1) is 14.4. The van der Waals surface area contributed by atoms with Crippen LogP contribution in [0.15, 0.2) is 35.3 Å². The number of nitrogens with zero attached hydrogens (tertiary/aromatic N) is 2. The summed E-state index contributed by atoms with van der Waals surface area (Å²) in [5, 5.41) is 6.85. The molecular weight excluding hydrogens is 527 g/mol. The van der Waals surface area contributed by atoms with Crippen molar-refractivity contribution in [2.75, 3.05) is 45.6 Å². The van der Waals surface area contributed by atoms with Gasteiger partial charge in [0.1, 0.15) is 0 Å². The summed E-state index contributed by atoms with van der Waals surface area (Å²) in [7, 11) is -3.23. The number of guanidine groups is 1. The highest BCUT2D eigenvalue weighted by atomic mass is 127. The maximum atomic E-state index is 12.5. The highest BCUT2D eigenvalue weighted by Gasteiger charge is 2.42. The molecule has 31 heavy (non-hydrogen) atoms. The summed E-state index contributed by atoms with van der Waals surface area (Å²) < 4.78 is 29.6. The van der Waals surface area contributed by atoms with E-state index < -0.39 is 14.6 Å². The Morgan fingerprint density at radius 1 is 1.26 bits per heavy atom. The highest BCUT2D eigenvalue weighted by molar-refractivity contribution is 14.0. The lowest BCUT2D eigenvalue weighted by molar-refractivity contribution is 0.0768. The average Bonchev–Trinajstić information content (AvgIpc) is 2.73. The van der Waals surface area contributed by atoms with Gasteiger partial charge in [0.05, 0.1) is 11.3 Å². The summed E-state index contributed by atoms with van der Waals surface area (Å²) in [5.41, 5.74) is 1.33. The van der Waals surface area contributed by atoms with Crippen LogP contribution in [-0.2, 0) is 21.1 Å². The Balaban J connectivity index is 0.00000341. The van der Waals surface area contributed by atoms with E-state index in [1.165, 1.54) is 11.8 Å². The first kappa shape index (κ1) is 26.3. The molecule has 2 N–H and O–H groups in total. The van der Waals surface area contributed by atoms with Gasteiger partial charge in [-0.2, -0.15) is 0 Å². The Hall–Kier alpha value is -0.910. The molecule has 0 bridgehead atoms. The van der Waals surface area contributed by atoms with Crippen molar-refractivity contribution in [1.29, 1.82) is 0 Å². The van der Waals surface area contributed by atoms with Crippen molar-refractivity contribution in [2.24, 2.45) is 4.99 Å². The van der Waals surface area contributed by atoms with Crippen LogP contribution < -0.4 is 10.6 Å². The largest absolute Gasteiger partial charge is 0.381 e. The smallest absolute Gasteiger partial charge is 0.191 e. The van der Waals surface area contributed by atoms with Crippen LogP contribution in [0.1, 0.15) is 38.2 Å². The molecule has 1 unspecified atom stereocenters. The Bertz CT molecular complexity index is 798. The zero-order valence-electron chi connectivity index (χ0n) is 18.7. The van der Waals surface area contributed by atoms with E-state index in [0.29, 0.717) is 38.1 Å². The van der Waals surface area contributed by atoms with E-state index in [4.69, 9.17) is 9.73 Å². The molecule has 0 radical (unpaired) electrons. The van der Waals surface area contributed by atoms with Crippen LogP contribution in [0, 0.1) is 0 Å². The number of hydrogen-bond acceptors (Lipinski definition) is 5. The molecule has 0 saturated carbocycles. The molecule has 0 aliphatic carbocycles. The molecule has 2 aliphatic rings. The number of piperidine rings is 1. The molecule has 9 heteroatoms. The lowest BCUT2D eigenvalue weighted by Gasteiger charge is -2.35. The Morgan fingerprint density at radius 2 is 1.97 bits per heavy atom. The van der Waals surface area contributed by atoms with Crippen LogP contribution in [0.3, 0.4) is 0 Å². The average molecular weight is 565 g/mol. The molecule has 2 fully saturated rings.